The largest absolute Gasteiger partial charge is 0.416 e. The number of alkyl halides is 3. The van der Waals surface area contributed by atoms with E-state index in [-0.39, 0.29) is 17.4 Å². The van der Waals surface area contributed by atoms with E-state index in [0.29, 0.717) is 18.7 Å². The molecule has 1 aromatic carbocycles. The molecule has 1 aromatic heterocycles. The minimum absolute atomic E-state index is 0.180. The summed E-state index contributed by atoms with van der Waals surface area (Å²) in [6.07, 6.45) is -2.93. The van der Waals surface area contributed by atoms with Gasteiger partial charge in [0.1, 0.15) is 5.82 Å². The third kappa shape index (κ3) is 4.13. The minimum atomic E-state index is -4.43. The maximum atomic E-state index is 12.9. The molecule has 0 unspecified atom stereocenters. The Hall–Kier alpha value is -2.61. The van der Waals surface area contributed by atoms with Crippen LogP contribution in [-0.4, -0.2) is 53.9 Å². The summed E-state index contributed by atoms with van der Waals surface area (Å²) in [7, 11) is 1.99. The SMILES string of the molecule is CN1CCN(C(=O)c2cccnc2Nc2cccc(C(F)(F)F)c2)CC1. The first kappa shape index (κ1) is 18.2. The summed E-state index contributed by atoms with van der Waals surface area (Å²) in [5, 5.41) is 2.84. The molecule has 0 atom stereocenters. The molecule has 2 aromatic rings. The molecule has 0 aliphatic carbocycles. The van der Waals surface area contributed by atoms with E-state index in [4.69, 9.17) is 0 Å². The Morgan fingerprint density at radius 3 is 2.54 bits per heavy atom. The molecule has 1 fully saturated rings. The van der Waals surface area contributed by atoms with Crippen LogP contribution in [-0.2, 0) is 6.18 Å². The standard InChI is InChI=1S/C18H19F3N4O/c1-24-8-10-25(11-9-24)17(26)15-6-3-7-22-16(15)23-14-5-2-4-13(12-14)18(19,20)21/h2-7,12H,8-11H2,1H3,(H,22,23). The van der Waals surface area contributed by atoms with E-state index >= 15 is 0 Å². The zero-order valence-corrected chi connectivity index (χ0v) is 14.3. The van der Waals surface area contributed by atoms with Crippen molar-refractivity contribution in [3.8, 4) is 0 Å². The van der Waals surface area contributed by atoms with Gasteiger partial charge in [0.05, 0.1) is 11.1 Å². The minimum Gasteiger partial charge on any atom is -0.340 e. The highest BCUT2D eigenvalue weighted by atomic mass is 19.4. The number of pyridine rings is 1. The average molecular weight is 364 g/mol. The van der Waals surface area contributed by atoms with Gasteiger partial charge < -0.3 is 15.1 Å². The van der Waals surface area contributed by atoms with Gasteiger partial charge in [-0.15, -0.1) is 0 Å². The lowest BCUT2D eigenvalue weighted by atomic mass is 10.1. The van der Waals surface area contributed by atoms with E-state index in [1.807, 2.05) is 7.05 Å². The number of piperazine rings is 1. The zero-order chi connectivity index (χ0) is 18.7. The van der Waals surface area contributed by atoms with Gasteiger partial charge in [0.25, 0.3) is 5.91 Å². The van der Waals surface area contributed by atoms with E-state index in [1.165, 1.54) is 18.3 Å². The van der Waals surface area contributed by atoms with Gasteiger partial charge in [0.15, 0.2) is 0 Å². The molecule has 0 saturated carbocycles. The Morgan fingerprint density at radius 2 is 1.85 bits per heavy atom. The van der Waals surface area contributed by atoms with Crippen LogP contribution in [0.15, 0.2) is 42.6 Å². The van der Waals surface area contributed by atoms with Gasteiger partial charge >= 0.3 is 6.18 Å². The van der Waals surface area contributed by atoms with Crippen LogP contribution in [0.4, 0.5) is 24.7 Å². The lowest BCUT2D eigenvalue weighted by Crippen LogP contribution is -2.47. The number of halogens is 3. The van der Waals surface area contributed by atoms with Gasteiger partial charge in [0.2, 0.25) is 0 Å². The molecule has 2 heterocycles. The van der Waals surface area contributed by atoms with Crippen LogP contribution in [0, 0.1) is 0 Å². The van der Waals surface area contributed by atoms with Gasteiger partial charge in [-0.05, 0) is 37.4 Å². The number of nitrogens with one attached hydrogen (secondary N) is 1. The second-order valence-corrected chi connectivity index (χ2v) is 6.20. The predicted molar refractivity (Wildman–Crippen MR) is 92.4 cm³/mol. The van der Waals surface area contributed by atoms with Crippen LogP contribution in [0.5, 0.6) is 0 Å². The molecule has 1 amide bonds. The Labute approximate surface area is 149 Å². The number of nitrogens with zero attached hydrogens (tertiary/aromatic N) is 3. The highest BCUT2D eigenvalue weighted by Gasteiger charge is 2.30. The number of likely N-dealkylation sites (N-methyl/N-ethyl adjacent to an activating group) is 1. The van der Waals surface area contributed by atoms with Gasteiger partial charge in [-0.25, -0.2) is 4.98 Å². The molecule has 1 aliphatic rings. The van der Waals surface area contributed by atoms with E-state index in [2.05, 4.69) is 15.2 Å². The van der Waals surface area contributed by atoms with Gasteiger partial charge in [-0.1, -0.05) is 6.07 Å². The Kier molecular flexibility index (Phi) is 5.13. The zero-order valence-electron chi connectivity index (χ0n) is 14.3. The van der Waals surface area contributed by atoms with Crippen molar-refractivity contribution >= 4 is 17.4 Å². The number of hydrogen-bond donors (Lipinski definition) is 1. The van der Waals surface area contributed by atoms with E-state index in [1.54, 1.807) is 17.0 Å². The van der Waals surface area contributed by atoms with Gasteiger partial charge in [-0.2, -0.15) is 13.2 Å². The Morgan fingerprint density at radius 1 is 1.12 bits per heavy atom. The number of aromatic nitrogens is 1. The summed E-state index contributed by atoms with van der Waals surface area (Å²) in [6, 6.07) is 8.09. The summed E-state index contributed by atoms with van der Waals surface area (Å²) in [5.74, 6) is 0.0661. The maximum Gasteiger partial charge on any atom is 0.416 e. The van der Waals surface area contributed by atoms with E-state index in [9.17, 15) is 18.0 Å². The third-order valence-electron chi connectivity index (χ3n) is 4.28. The summed E-state index contributed by atoms with van der Waals surface area (Å²) in [5.41, 5.74) is -0.189. The Balaban J connectivity index is 1.83. The topological polar surface area (TPSA) is 48.5 Å². The highest BCUT2D eigenvalue weighted by Crippen LogP contribution is 2.31. The quantitative estimate of drug-likeness (QED) is 0.909. The molecule has 138 valence electrons. The number of benzene rings is 1. The fraction of sp³-hybridized carbons (Fsp3) is 0.333. The van der Waals surface area contributed by atoms with E-state index < -0.39 is 11.7 Å². The Bertz CT molecular complexity index is 786. The fourth-order valence-corrected chi connectivity index (χ4v) is 2.77. The van der Waals surface area contributed by atoms with Crippen LogP contribution in [0.25, 0.3) is 0 Å². The van der Waals surface area contributed by atoms with Crippen LogP contribution in [0.3, 0.4) is 0 Å². The van der Waals surface area contributed by atoms with Crippen molar-refractivity contribution in [2.24, 2.45) is 0 Å². The van der Waals surface area contributed by atoms with Crippen molar-refractivity contribution in [1.29, 1.82) is 0 Å². The molecule has 8 heteroatoms. The van der Waals surface area contributed by atoms with Crippen LogP contribution >= 0.6 is 0 Å². The van der Waals surface area contributed by atoms with Gasteiger partial charge in [0, 0.05) is 38.1 Å². The summed E-state index contributed by atoms with van der Waals surface area (Å²) in [4.78, 5) is 20.8. The first-order chi connectivity index (χ1) is 12.3. The molecule has 1 saturated heterocycles. The second-order valence-electron chi connectivity index (χ2n) is 6.20. The van der Waals surface area contributed by atoms with Crippen molar-refractivity contribution in [2.45, 2.75) is 6.18 Å². The summed E-state index contributed by atoms with van der Waals surface area (Å²) in [6.45, 7) is 2.77. The molecular formula is C18H19F3N4O. The molecule has 1 N–H and O–H groups in total. The summed E-state index contributed by atoms with van der Waals surface area (Å²) >= 11 is 0. The lowest BCUT2D eigenvalue weighted by molar-refractivity contribution is -0.137. The molecule has 26 heavy (non-hydrogen) atoms. The monoisotopic (exact) mass is 364 g/mol. The highest BCUT2D eigenvalue weighted by molar-refractivity contribution is 5.99. The number of rotatable bonds is 3. The van der Waals surface area contributed by atoms with Crippen LogP contribution in [0.1, 0.15) is 15.9 Å². The number of amides is 1. The number of carbonyl (C=O) groups is 1. The fourth-order valence-electron chi connectivity index (χ4n) is 2.77. The molecule has 1 aliphatic heterocycles. The smallest absolute Gasteiger partial charge is 0.340 e. The van der Waals surface area contributed by atoms with Gasteiger partial charge in [-0.3, -0.25) is 4.79 Å². The summed E-state index contributed by atoms with van der Waals surface area (Å²) < 4.78 is 38.6. The normalized spacial score (nSPS) is 15.8. The average Bonchev–Trinajstić information content (AvgIpc) is 2.62. The third-order valence-corrected chi connectivity index (χ3v) is 4.28. The maximum absolute atomic E-state index is 12.9. The van der Waals surface area contributed by atoms with E-state index in [0.717, 1.165) is 25.2 Å². The molecule has 5 nitrogen and oxygen atoms in total. The van der Waals surface area contributed by atoms with Crippen molar-refractivity contribution in [3.05, 3.63) is 53.7 Å². The molecule has 0 radical (unpaired) electrons. The van der Waals surface area contributed by atoms with Crippen LogP contribution < -0.4 is 5.32 Å². The number of hydrogen-bond acceptors (Lipinski definition) is 4. The van der Waals surface area contributed by atoms with Crippen molar-refractivity contribution < 1.29 is 18.0 Å². The predicted octanol–water partition coefficient (Wildman–Crippen LogP) is 3.23. The van der Waals surface area contributed by atoms with Crippen molar-refractivity contribution in [1.82, 2.24) is 14.8 Å². The first-order valence-electron chi connectivity index (χ1n) is 8.22. The number of carbonyl (C=O) groups excluding carboxylic acids is 1. The lowest BCUT2D eigenvalue weighted by Gasteiger charge is -2.32. The van der Waals surface area contributed by atoms with Crippen LogP contribution in [0.2, 0.25) is 0 Å². The molecule has 0 bridgehead atoms. The van der Waals surface area contributed by atoms with Crippen molar-refractivity contribution in [2.75, 3.05) is 38.5 Å². The molecular weight excluding hydrogens is 345 g/mol. The molecule has 0 spiro atoms. The second kappa shape index (κ2) is 7.33. The first-order valence-corrected chi connectivity index (χ1v) is 8.22. The molecule has 3 rings (SSSR count). The number of anilines is 2. The van der Waals surface area contributed by atoms with Crippen molar-refractivity contribution in [3.63, 3.8) is 0 Å².